The van der Waals surface area contributed by atoms with E-state index in [0.717, 1.165) is 16.2 Å². The topological polar surface area (TPSA) is 37.3 Å². The molecule has 2 nitrogen and oxygen atoms in total. The number of aryl methyl sites for hydroxylation is 1. The van der Waals surface area contributed by atoms with Gasteiger partial charge in [0.05, 0.1) is 5.56 Å². The van der Waals surface area contributed by atoms with Crippen LogP contribution < -0.4 is 0 Å². The van der Waals surface area contributed by atoms with E-state index >= 15 is 0 Å². The van der Waals surface area contributed by atoms with Gasteiger partial charge in [0.2, 0.25) is 0 Å². The van der Waals surface area contributed by atoms with E-state index in [1.807, 2.05) is 19.1 Å². The first-order valence-corrected chi connectivity index (χ1v) is 6.10. The third kappa shape index (κ3) is 3.59. The molecule has 0 fully saturated rings. The maximum absolute atomic E-state index is 10.9. The van der Waals surface area contributed by atoms with E-state index < -0.39 is 5.97 Å². The lowest BCUT2D eigenvalue weighted by Gasteiger charge is -2.04. The average Bonchev–Trinajstić information content (AvgIpc) is 2.20. The minimum absolute atomic E-state index is 0.413. The molecule has 1 aromatic rings. The van der Waals surface area contributed by atoms with Crippen molar-refractivity contribution in [2.45, 2.75) is 31.6 Å². The van der Waals surface area contributed by atoms with Crippen molar-refractivity contribution in [1.29, 1.82) is 0 Å². The first-order valence-electron chi connectivity index (χ1n) is 5.12. The summed E-state index contributed by atoms with van der Waals surface area (Å²) in [4.78, 5) is 11.9. The second-order valence-electron chi connectivity index (χ2n) is 3.48. The van der Waals surface area contributed by atoms with Crippen molar-refractivity contribution in [3.05, 3.63) is 29.3 Å². The molecule has 0 atom stereocenters. The number of rotatable bonds is 5. The lowest BCUT2D eigenvalue weighted by atomic mass is 10.1. The fourth-order valence-electron chi connectivity index (χ4n) is 1.26. The lowest BCUT2D eigenvalue weighted by Crippen LogP contribution is -1.99. The van der Waals surface area contributed by atoms with Crippen molar-refractivity contribution < 1.29 is 9.90 Å². The van der Waals surface area contributed by atoms with Gasteiger partial charge < -0.3 is 5.11 Å². The van der Waals surface area contributed by atoms with Crippen LogP contribution in [0.15, 0.2) is 23.1 Å². The lowest BCUT2D eigenvalue weighted by molar-refractivity contribution is 0.0696. The number of thioether (sulfide) groups is 1. The molecule has 0 aromatic heterocycles. The van der Waals surface area contributed by atoms with Gasteiger partial charge in [-0.3, -0.25) is 0 Å². The van der Waals surface area contributed by atoms with Gasteiger partial charge in [0.1, 0.15) is 0 Å². The SMILES string of the molecule is CCCCSc1ccc(C)c(C(=O)O)c1. The van der Waals surface area contributed by atoms with E-state index in [0.29, 0.717) is 5.56 Å². The number of unbranched alkanes of at least 4 members (excludes halogenated alkanes) is 1. The molecular weight excluding hydrogens is 208 g/mol. The van der Waals surface area contributed by atoms with Crippen LogP contribution in [-0.4, -0.2) is 16.8 Å². The van der Waals surface area contributed by atoms with E-state index in [4.69, 9.17) is 5.11 Å². The molecule has 0 heterocycles. The Morgan fingerprint density at radius 1 is 1.47 bits per heavy atom. The third-order valence-corrected chi connectivity index (χ3v) is 3.29. The van der Waals surface area contributed by atoms with Crippen molar-refractivity contribution in [3.8, 4) is 0 Å². The molecule has 0 spiro atoms. The Hall–Kier alpha value is -0.960. The van der Waals surface area contributed by atoms with Crippen molar-refractivity contribution in [3.63, 3.8) is 0 Å². The van der Waals surface area contributed by atoms with Crippen molar-refractivity contribution in [2.75, 3.05) is 5.75 Å². The van der Waals surface area contributed by atoms with Crippen molar-refractivity contribution in [2.24, 2.45) is 0 Å². The summed E-state index contributed by atoms with van der Waals surface area (Å²) in [5, 5.41) is 8.95. The van der Waals surface area contributed by atoms with E-state index in [1.165, 1.54) is 12.8 Å². The zero-order valence-electron chi connectivity index (χ0n) is 9.12. The highest BCUT2D eigenvalue weighted by atomic mass is 32.2. The van der Waals surface area contributed by atoms with E-state index in [1.54, 1.807) is 17.8 Å². The maximum atomic E-state index is 10.9. The second kappa shape index (κ2) is 5.81. The zero-order valence-corrected chi connectivity index (χ0v) is 9.93. The molecule has 15 heavy (non-hydrogen) atoms. The number of carboxylic acids is 1. The minimum Gasteiger partial charge on any atom is -0.478 e. The number of carbonyl (C=O) groups is 1. The summed E-state index contributed by atoms with van der Waals surface area (Å²) in [6, 6.07) is 5.62. The Morgan fingerprint density at radius 2 is 2.20 bits per heavy atom. The van der Waals surface area contributed by atoms with E-state index in [2.05, 4.69) is 6.92 Å². The fraction of sp³-hybridized carbons (Fsp3) is 0.417. The number of aromatic carboxylic acids is 1. The normalized spacial score (nSPS) is 10.3. The molecular formula is C12H16O2S. The largest absolute Gasteiger partial charge is 0.478 e. The molecule has 0 unspecified atom stereocenters. The monoisotopic (exact) mass is 224 g/mol. The zero-order chi connectivity index (χ0) is 11.3. The van der Waals surface area contributed by atoms with Gasteiger partial charge in [-0.1, -0.05) is 19.4 Å². The summed E-state index contributed by atoms with van der Waals surface area (Å²) in [6.07, 6.45) is 2.34. The molecule has 1 aromatic carbocycles. The summed E-state index contributed by atoms with van der Waals surface area (Å²) >= 11 is 1.72. The first kappa shape index (κ1) is 12.1. The molecule has 0 amide bonds. The predicted octanol–water partition coefficient (Wildman–Crippen LogP) is 3.59. The molecule has 1 rings (SSSR count). The maximum Gasteiger partial charge on any atom is 0.335 e. The Balaban J connectivity index is 2.74. The molecule has 0 radical (unpaired) electrons. The summed E-state index contributed by atoms with van der Waals surface area (Å²) in [6.45, 7) is 3.97. The molecule has 0 aliphatic carbocycles. The van der Waals surface area contributed by atoms with Crippen LogP contribution in [0.4, 0.5) is 0 Å². The van der Waals surface area contributed by atoms with Crippen LogP contribution in [0.5, 0.6) is 0 Å². The highest BCUT2D eigenvalue weighted by molar-refractivity contribution is 7.99. The van der Waals surface area contributed by atoms with Gasteiger partial charge in [-0.15, -0.1) is 11.8 Å². The standard InChI is InChI=1S/C12H16O2S/c1-3-4-7-15-10-6-5-9(2)11(8-10)12(13)14/h5-6,8H,3-4,7H2,1-2H3,(H,13,14). The molecule has 0 saturated carbocycles. The third-order valence-electron chi connectivity index (χ3n) is 2.21. The highest BCUT2D eigenvalue weighted by Crippen LogP contribution is 2.22. The van der Waals surface area contributed by atoms with Crippen molar-refractivity contribution in [1.82, 2.24) is 0 Å². The number of carboxylic acid groups (broad SMARTS) is 1. The highest BCUT2D eigenvalue weighted by Gasteiger charge is 2.07. The number of benzene rings is 1. The molecule has 3 heteroatoms. The Kier molecular flexibility index (Phi) is 4.69. The van der Waals surface area contributed by atoms with Gasteiger partial charge in [0.25, 0.3) is 0 Å². The molecule has 82 valence electrons. The molecule has 0 saturated heterocycles. The van der Waals surface area contributed by atoms with E-state index in [-0.39, 0.29) is 0 Å². The van der Waals surface area contributed by atoms with Gasteiger partial charge in [-0.05, 0) is 36.8 Å². The number of hydrogen-bond acceptors (Lipinski definition) is 2. The Morgan fingerprint density at radius 3 is 2.80 bits per heavy atom. The smallest absolute Gasteiger partial charge is 0.335 e. The summed E-state index contributed by atoms with van der Waals surface area (Å²) in [5.74, 6) is 0.212. The number of hydrogen-bond donors (Lipinski definition) is 1. The molecule has 0 aliphatic rings. The van der Waals surface area contributed by atoms with Crippen LogP contribution in [0.1, 0.15) is 35.7 Å². The van der Waals surface area contributed by atoms with Gasteiger partial charge in [0.15, 0.2) is 0 Å². The Bertz CT molecular complexity index is 347. The van der Waals surface area contributed by atoms with Crippen LogP contribution in [0, 0.1) is 6.92 Å². The molecule has 1 N–H and O–H groups in total. The van der Waals surface area contributed by atoms with Crippen LogP contribution in [0.2, 0.25) is 0 Å². The predicted molar refractivity (Wildman–Crippen MR) is 63.8 cm³/mol. The Labute approximate surface area is 94.7 Å². The molecule has 0 aliphatic heterocycles. The summed E-state index contributed by atoms with van der Waals surface area (Å²) in [7, 11) is 0. The molecule has 0 bridgehead atoms. The van der Waals surface area contributed by atoms with Crippen molar-refractivity contribution >= 4 is 17.7 Å². The van der Waals surface area contributed by atoms with Crippen LogP contribution in [0.3, 0.4) is 0 Å². The average molecular weight is 224 g/mol. The quantitative estimate of drug-likeness (QED) is 0.613. The van der Waals surface area contributed by atoms with Crippen LogP contribution in [0.25, 0.3) is 0 Å². The van der Waals surface area contributed by atoms with Crippen LogP contribution in [-0.2, 0) is 0 Å². The first-order chi connectivity index (χ1) is 7.15. The fourth-order valence-corrected chi connectivity index (χ4v) is 2.29. The van der Waals surface area contributed by atoms with Gasteiger partial charge >= 0.3 is 5.97 Å². The summed E-state index contributed by atoms with van der Waals surface area (Å²) < 4.78 is 0. The van der Waals surface area contributed by atoms with Crippen LogP contribution >= 0.6 is 11.8 Å². The second-order valence-corrected chi connectivity index (χ2v) is 4.65. The van der Waals surface area contributed by atoms with Gasteiger partial charge in [0, 0.05) is 4.90 Å². The summed E-state index contributed by atoms with van der Waals surface area (Å²) in [5.41, 5.74) is 1.24. The van der Waals surface area contributed by atoms with Gasteiger partial charge in [-0.25, -0.2) is 4.79 Å². The van der Waals surface area contributed by atoms with E-state index in [9.17, 15) is 4.79 Å². The van der Waals surface area contributed by atoms with Gasteiger partial charge in [-0.2, -0.15) is 0 Å². The minimum atomic E-state index is -0.842.